The fourth-order valence-electron chi connectivity index (χ4n) is 4.15. The van der Waals surface area contributed by atoms with Gasteiger partial charge >= 0.3 is 12.0 Å². The summed E-state index contributed by atoms with van der Waals surface area (Å²) >= 11 is 12.2. The summed E-state index contributed by atoms with van der Waals surface area (Å²) in [6, 6.07) is 24.5. The quantitative estimate of drug-likeness (QED) is 0.227. The molecule has 3 aromatic carbocycles. The van der Waals surface area contributed by atoms with E-state index in [0.717, 1.165) is 16.8 Å². The maximum Gasteiger partial charge on any atom is 0.344 e. The van der Waals surface area contributed by atoms with Crippen LogP contribution in [0.15, 0.2) is 90.2 Å². The molecule has 0 bridgehead atoms. The van der Waals surface area contributed by atoms with Gasteiger partial charge in [0.1, 0.15) is 16.9 Å². The number of halogens is 2. The van der Waals surface area contributed by atoms with Gasteiger partial charge in [-0.3, -0.25) is 0 Å². The van der Waals surface area contributed by atoms with Gasteiger partial charge in [-0.2, -0.15) is 10.1 Å². The first-order chi connectivity index (χ1) is 18.7. The Labute approximate surface area is 237 Å². The smallest absolute Gasteiger partial charge is 0.344 e. The molecule has 5 rings (SSSR count). The molecule has 0 fully saturated rings. The lowest BCUT2D eigenvalue weighted by atomic mass is 9.91. The van der Waals surface area contributed by atoms with Crippen molar-refractivity contribution in [3.63, 3.8) is 0 Å². The number of nitrogens with zero attached hydrogens (tertiary/aromatic N) is 4. The van der Waals surface area contributed by atoms with Crippen molar-refractivity contribution in [3.05, 3.63) is 112 Å². The molecule has 1 atom stereocenters. The summed E-state index contributed by atoms with van der Waals surface area (Å²) in [6.07, 6.45) is 1.41. The zero-order valence-corrected chi connectivity index (χ0v) is 23.1. The third kappa shape index (κ3) is 6.38. The number of hydrazone groups is 1. The van der Waals surface area contributed by atoms with Gasteiger partial charge in [0.25, 0.3) is 0 Å². The van der Waals surface area contributed by atoms with Crippen molar-refractivity contribution in [1.82, 2.24) is 9.97 Å². The van der Waals surface area contributed by atoms with Gasteiger partial charge in [0.05, 0.1) is 18.5 Å². The Bertz CT molecular complexity index is 1500. The molecule has 198 valence electrons. The van der Waals surface area contributed by atoms with Gasteiger partial charge in [0.2, 0.25) is 0 Å². The van der Waals surface area contributed by atoms with Crippen LogP contribution in [0, 0.1) is 0 Å². The molecule has 1 unspecified atom stereocenters. The number of ether oxygens (including phenoxy) is 2. The fourth-order valence-corrected chi connectivity index (χ4v) is 4.40. The molecule has 7 nitrogen and oxygen atoms in total. The minimum absolute atomic E-state index is 0.0611. The normalized spacial score (nSPS) is 15.2. The highest BCUT2D eigenvalue weighted by molar-refractivity contribution is 6.31. The van der Waals surface area contributed by atoms with Crippen molar-refractivity contribution in [1.29, 1.82) is 0 Å². The highest BCUT2D eigenvalue weighted by Crippen LogP contribution is 2.34. The van der Waals surface area contributed by atoms with Crippen LogP contribution in [0.3, 0.4) is 0 Å². The van der Waals surface area contributed by atoms with Crippen molar-refractivity contribution < 1.29 is 14.3 Å². The molecule has 1 aliphatic rings. The van der Waals surface area contributed by atoms with Crippen LogP contribution >= 0.6 is 23.2 Å². The van der Waals surface area contributed by atoms with Crippen LogP contribution in [0.5, 0.6) is 11.8 Å². The SMILES string of the molecule is CC(C)(C)OC(=O)c1cnc(Oc2ccc(Cl)cc2)nc1N1CC(c2ccccc2)C(c2ccc(Cl)cc2)=N1. The van der Waals surface area contributed by atoms with Crippen molar-refractivity contribution in [2.24, 2.45) is 5.10 Å². The standard InChI is InChI=1S/C30H26Cl2N4O3/c1-30(2,3)39-28(37)24-17-33-29(38-23-15-13-22(32)14-16-23)34-27(24)36-18-25(19-7-5-4-6-8-19)26(35-36)20-9-11-21(31)12-10-20/h4-17,25H,18H2,1-3H3. The highest BCUT2D eigenvalue weighted by atomic mass is 35.5. The molecule has 39 heavy (non-hydrogen) atoms. The van der Waals surface area contributed by atoms with E-state index in [1.54, 1.807) is 29.3 Å². The summed E-state index contributed by atoms with van der Waals surface area (Å²) in [6.45, 7) is 5.86. The molecular formula is C30H26Cl2N4O3. The Balaban J connectivity index is 1.58. The third-order valence-electron chi connectivity index (χ3n) is 5.89. The molecule has 2 heterocycles. The summed E-state index contributed by atoms with van der Waals surface area (Å²) in [7, 11) is 0. The van der Waals surface area contributed by atoms with Gasteiger partial charge in [0, 0.05) is 16.0 Å². The summed E-state index contributed by atoms with van der Waals surface area (Å²) < 4.78 is 11.5. The second-order valence-corrected chi connectivity index (χ2v) is 10.9. The van der Waals surface area contributed by atoms with Gasteiger partial charge in [-0.05, 0) is 68.3 Å². The first-order valence-corrected chi connectivity index (χ1v) is 13.1. The molecule has 0 aliphatic carbocycles. The van der Waals surface area contributed by atoms with Crippen LogP contribution in [-0.4, -0.2) is 33.8 Å². The second-order valence-electron chi connectivity index (χ2n) is 9.99. The third-order valence-corrected chi connectivity index (χ3v) is 6.39. The largest absolute Gasteiger partial charge is 0.456 e. The molecule has 1 aromatic heterocycles. The van der Waals surface area contributed by atoms with E-state index >= 15 is 0 Å². The van der Waals surface area contributed by atoms with Gasteiger partial charge in [-0.25, -0.2) is 14.8 Å². The molecule has 0 N–H and O–H groups in total. The van der Waals surface area contributed by atoms with Gasteiger partial charge < -0.3 is 9.47 Å². The minimum atomic E-state index is -0.706. The van der Waals surface area contributed by atoms with Crippen LogP contribution in [0.4, 0.5) is 5.82 Å². The topological polar surface area (TPSA) is 76.9 Å². The maximum atomic E-state index is 13.2. The predicted molar refractivity (Wildman–Crippen MR) is 153 cm³/mol. The molecule has 0 saturated heterocycles. The first-order valence-electron chi connectivity index (χ1n) is 12.4. The Hall–Kier alpha value is -3.94. The number of anilines is 1. The summed E-state index contributed by atoms with van der Waals surface area (Å²) in [5.74, 6) is 0.147. The van der Waals surface area contributed by atoms with Crippen LogP contribution in [0.2, 0.25) is 10.0 Å². The lowest BCUT2D eigenvalue weighted by Gasteiger charge is -2.22. The summed E-state index contributed by atoms with van der Waals surface area (Å²) in [5.41, 5.74) is 2.30. The van der Waals surface area contributed by atoms with Gasteiger partial charge in [0.15, 0.2) is 5.82 Å². The number of hydrogen-bond donors (Lipinski definition) is 0. The molecule has 9 heteroatoms. The van der Waals surface area contributed by atoms with E-state index < -0.39 is 11.6 Å². The van der Waals surface area contributed by atoms with Crippen LogP contribution in [0.1, 0.15) is 48.2 Å². The monoisotopic (exact) mass is 560 g/mol. The summed E-state index contributed by atoms with van der Waals surface area (Å²) in [5, 5.41) is 7.87. The van der Waals surface area contributed by atoms with Crippen LogP contribution < -0.4 is 9.75 Å². The molecule has 0 saturated carbocycles. The predicted octanol–water partition coefficient (Wildman–Crippen LogP) is 7.54. The van der Waals surface area contributed by atoms with Crippen LogP contribution in [0.25, 0.3) is 0 Å². The van der Waals surface area contributed by atoms with Crippen LogP contribution in [-0.2, 0) is 4.74 Å². The lowest BCUT2D eigenvalue weighted by Crippen LogP contribution is -2.27. The zero-order valence-electron chi connectivity index (χ0n) is 21.6. The number of esters is 1. The molecule has 0 amide bonds. The number of hydrogen-bond acceptors (Lipinski definition) is 7. The Morgan fingerprint density at radius 1 is 0.923 bits per heavy atom. The molecule has 0 spiro atoms. The van der Waals surface area contributed by atoms with Gasteiger partial charge in [-0.15, -0.1) is 0 Å². The minimum Gasteiger partial charge on any atom is -0.456 e. The fraction of sp³-hybridized carbons (Fsp3) is 0.200. The zero-order chi connectivity index (χ0) is 27.6. The number of aromatic nitrogens is 2. The van der Waals surface area contributed by atoms with Crippen molar-refractivity contribution in [2.75, 3.05) is 11.6 Å². The van der Waals surface area contributed by atoms with E-state index in [0.29, 0.717) is 22.3 Å². The molecule has 4 aromatic rings. The molecule has 1 aliphatic heterocycles. The molecular weight excluding hydrogens is 535 g/mol. The number of carbonyl (C=O) groups excluding carboxylic acids is 1. The van der Waals surface area contributed by atoms with E-state index in [9.17, 15) is 4.79 Å². The Kier molecular flexibility index (Phi) is 7.55. The summed E-state index contributed by atoms with van der Waals surface area (Å²) in [4.78, 5) is 22.1. The average Bonchev–Trinajstić information content (AvgIpc) is 3.35. The van der Waals surface area contributed by atoms with Gasteiger partial charge in [-0.1, -0.05) is 65.7 Å². The first kappa shape index (κ1) is 26.7. The van der Waals surface area contributed by atoms with E-state index in [-0.39, 0.29) is 23.3 Å². The molecule has 0 radical (unpaired) electrons. The van der Waals surface area contributed by atoms with E-state index in [1.165, 1.54) is 6.20 Å². The number of carbonyl (C=O) groups is 1. The van der Waals surface area contributed by atoms with E-state index in [2.05, 4.69) is 22.1 Å². The van der Waals surface area contributed by atoms with Crippen molar-refractivity contribution >= 4 is 40.7 Å². The second kappa shape index (κ2) is 11.0. The van der Waals surface area contributed by atoms with Crippen molar-refractivity contribution in [3.8, 4) is 11.8 Å². The number of benzene rings is 3. The van der Waals surface area contributed by atoms with E-state index in [4.69, 9.17) is 37.8 Å². The highest BCUT2D eigenvalue weighted by Gasteiger charge is 2.34. The Morgan fingerprint density at radius 3 is 2.21 bits per heavy atom. The number of rotatable bonds is 6. The van der Waals surface area contributed by atoms with E-state index in [1.807, 2.05) is 63.2 Å². The maximum absolute atomic E-state index is 13.2. The Morgan fingerprint density at radius 2 is 1.56 bits per heavy atom. The average molecular weight is 561 g/mol. The lowest BCUT2D eigenvalue weighted by molar-refractivity contribution is 0.00693. The van der Waals surface area contributed by atoms with Crippen molar-refractivity contribution in [2.45, 2.75) is 32.3 Å².